The van der Waals surface area contributed by atoms with Crippen molar-refractivity contribution in [3.05, 3.63) is 74.2 Å². The van der Waals surface area contributed by atoms with E-state index in [2.05, 4.69) is 15.9 Å². The first kappa shape index (κ1) is 14.3. The molecule has 4 heteroatoms. The summed E-state index contributed by atoms with van der Waals surface area (Å²) >= 11 is 15.1. The Morgan fingerprint density at radius 1 is 1.00 bits per heavy atom. The molecule has 0 bridgehead atoms. The molecule has 0 amide bonds. The lowest BCUT2D eigenvalue weighted by Gasteiger charge is -1.98. The lowest BCUT2D eigenvalue weighted by molar-refractivity contribution is 0.104. The fourth-order valence-corrected chi connectivity index (χ4v) is 2.07. The molecule has 0 spiro atoms. The smallest absolute Gasteiger partial charge is 0.185 e. The maximum Gasteiger partial charge on any atom is 0.185 e. The van der Waals surface area contributed by atoms with Gasteiger partial charge < -0.3 is 0 Å². The van der Waals surface area contributed by atoms with Crippen LogP contribution in [0, 0.1) is 0 Å². The Morgan fingerprint density at radius 2 is 1.68 bits per heavy atom. The van der Waals surface area contributed by atoms with Crippen LogP contribution in [0.1, 0.15) is 15.9 Å². The predicted octanol–water partition coefficient (Wildman–Crippen LogP) is 5.65. The second-order valence-corrected chi connectivity index (χ2v) is 5.61. The Balaban J connectivity index is 2.15. The Morgan fingerprint density at radius 3 is 2.32 bits per heavy atom. The molecule has 0 aliphatic heterocycles. The molecule has 0 saturated heterocycles. The second-order valence-electron chi connectivity index (χ2n) is 3.88. The third-order valence-electron chi connectivity index (χ3n) is 2.50. The number of rotatable bonds is 3. The molecule has 2 rings (SSSR count). The SMILES string of the molecule is O=C(/C=C/c1ccc(Cl)c(Cl)c1)c1ccc(Br)cc1. The molecule has 0 unspecified atom stereocenters. The fourth-order valence-electron chi connectivity index (χ4n) is 1.50. The van der Waals surface area contributed by atoms with E-state index < -0.39 is 0 Å². The van der Waals surface area contributed by atoms with Crippen molar-refractivity contribution in [2.45, 2.75) is 0 Å². The summed E-state index contributed by atoms with van der Waals surface area (Å²) in [5.41, 5.74) is 1.47. The summed E-state index contributed by atoms with van der Waals surface area (Å²) in [4.78, 5) is 11.9. The minimum absolute atomic E-state index is 0.0569. The van der Waals surface area contributed by atoms with Crippen LogP contribution in [-0.4, -0.2) is 5.78 Å². The molecule has 0 fully saturated rings. The first-order chi connectivity index (χ1) is 9.06. The van der Waals surface area contributed by atoms with Crippen molar-refractivity contribution in [3.8, 4) is 0 Å². The summed E-state index contributed by atoms with van der Waals surface area (Å²) in [6.45, 7) is 0. The Hall–Kier alpha value is -1.09. The summed E-state index contributed by atoms with van der Waals surface area (Å²) in [6, 6.07) is 12.4. The van der Waals surface area contributed by atoms with Crippen molar-refractivity contribution in [1.82, 2.24) is 0 Å². The van der Waals surface area contributed by atoms with Crippen LogP contribution in [0.15, 0.2) is 53.0 Å². The zero-order chi connectivity index (χ0) is 13.8. The highest BCUT2D eigenvalue weighted by Crippen LogP contribution is 2.23. The third-order valence-corrected chi connectivity index (χ3v) is 3.77. The average Bonchev–Trinajstić information content (AvgIpc) is 2.40. The molecule has 2 aromatic rings. The first-order valence-corrected chi connectivity index (χ1v) is 7.04. The molecule has 1 nitrogen and oxygen atoms in total. The van der Waals surface area contributed by atoms with Crippen LogP contribution in [0.4, 0.5) is 0 Å². The Bertz CT molecular complexity index is 633. The van der Waals surface area contributed by atoms with Crippen LogP contribution in [0.2, 0.25) is 10.0 Å². The highest BCUT2D eigenvalue weighted by atomic mass is 79.9. The van der Waals surface area contributed by atoms with Gasteiger partial charge in [0.05, 0.1) is 10.0 Å². The van der Waals surface area contributed by atoms with Gasteiger partial charge in [0, 0.05) is 10.0 Å². The van der Waals surface area contributed by atoms with Gasteiger partial charge in [0.25, 0.3) is 0 Å². The van der Waals surface area contributed by atoms with Gasteiger partial charge >= 0.3 is 0 Å². The lowest BCUT2D eigenvalue weighted by Crippen LogP contribution is -1.93. The molecule has 0 aliphatic carbocycles. The minimum atomic E-state index is -0.0569. The quantitative estimate of drug-likeness (QED) is 0.513. The van der Waals surface area contributed by atoms with E-state index >= 15 is 0 Å². The number of halogens is 3. The van der Waals surface area contributed by atoms with E-state index in [1.165, 1.54) is 6.08 Å². The standard InChI is InChI=1S/C15H9BrCl2O/c16-12-5-3-11(4-6-12)15(19)8-2-10-1-7-13(17)14(18)9-10/h1-9H/b8-2+. The first-order valence-electron chi connectivity index (χ1n) is 5.49. The van der Waals surface area contributed by atoms with Gasteiger partial charge in [-0.05, 0) is 48.0 Å². The molecule has 19 heavy (non-hydrogen) atoms. The van der Waals surface area contributed by atoms with Crippen molar-refractivity contribution < 1.29 is 4.79 Å². The largest absolute Gasteiger partial charge is 0.289 e. The van der Waals surface area contributed by atoms with Crippen LogP contribution in [0.3, 0.4) is 0 Å². The molecule has 0 atom stereocenters. The van der Waals surface area contributed by atoms with Crippen molar-refractivity contribution in [2.24, 2.45) is 0 Å². The summed E-state index contributed by atoms with van der Waals surface area (Å²) in [6.07, 6.45) is 3.23. The normalized spacial score (nSPS) is 10.9. The minimum Gasteiger partial charge on any atom is -0.289 e. The maximum absolute atomic E-state index is 11.9. The van der Waals surface area contributed by atoms with E-state index in [-0.39, 0.29) is 5.78 Å². The number of carbonyl (C=O) groups excluding carboxylic acids is 1. The summed E-state index contributed by atoms with van der Waals surface area (Å²) in [7, 11) is 0. The monoisotopic (exact) mass is 354 g/mol. The number of hydrogen-bond donors (Lipinski definition) is 0. The van der Waals surface area contributed by atoms with Crippen LogP contribution >= 0.6 is 39.1 Å². The topological polar surface area (TPSA) is 17.1 Å². The summed E-state index contributed by atoms with van der Waals surface area (Å²) in [5.74, 6) is -0.0569. The number of hydrogen-bond acceptors (Lipinski definition) is 1. The molecule has 0 aromatic heterocycles. The zero-order valence-electron chi connectivity index (χ0n) is 9.74. The van der Waals surface area contributed by atoms with E-state index in [1.807, 2.05) is 12.1 Å². The Kier molecular flexibility index (Phi) is 4.81. The molecular formula is C15H9BrCl2O. The van der Waals surface area contributed by atoms with Crippen LogP contribution in [0.25, 0.3) is 6.08 Å². The zero-order valence-corrected chi connectivity index (χ0v) is 12.8. The van der Waals surface area contributed by atoms with E-state index in [0.29, 0.717) is 15.6 Å². The predicted molar refractivity (Wildman–Crippen MR) is 84.0 cm³/mol. The van der Waals surface area contributed by atoms with Crippen LogP contribution in [-0.2, 0) is 0 Å². The van der Waals surface area contributed by atoms with E-state index in [0.717, 1.165) is 10.0 Å². The lowest BCUT2D eigenvalue weighted by atomic mass is 10.1. The Labute approximate surface area is 130 Å². The molecule has 0 heterocycles. The van der Waals surface area contributed by atoms with Gasteiger partial charge in [-0.3, -0.25) is 4.79 Å². The van der Waals surface area contributed by atoms with E-state index in [4.69, 9.17) is 23.2 Å². The van der Waals surface area contributed by atoms with Gasteiger partial charge in [-0.1, -0.05) is 51.3 Å². The summed E-state index contributed by atoms with van der Waals surface area (Å²) < 4.78 is 0.942. The molecule has 0 aliphatic rings. The van der Waals surface area contributed by atoms with Gasteiger partial charge in [0.1, 0.15) is 0 Å². The number of carbonyl (C=O) groups is 1. The molecule has 96 valence electrons. The second kappa shape index (κ2) is 6.38. The fraction of sp³-hybridized carbons (Fsp3) is 0. The molecule has 0 radical (unpaired) electrons. The van der Waals surface area contributed by atoms with Crippen molar-refractivity contribution in [1.29, 1.82) is 0 Å². The number of benzene rings is 2. The average molecular weight is 356 g/mol. The van der Waals surface area contributed by atoms with E-state index in [9.17, 15) is 4.79 Å². The van der Waals surface area contributed by atoms with Crippen LogP contribution in [0.5, 0.6) is 0 Å². The highest BCUT2D eigenvalue weighted by molar-refractivity contribution is 9.10. The molecule has 0 N–H and O–H groups in total. The van der Waals surface area contributed by atoms with Gasteiger partial charge in [-0.15, -0.1) is 0 Å². The molecule has 2 aromatic carbocycles. The van der Waals surface area contributed by atoms with Gasteiger partial charge in [-0.25, -0.2) is 0 Å². The number of allylic oxidation sites excluding steroid dienone is 1. The van der Waals surface area contributed by atoms with Crippen molar-refractivity contribution >= 4 is 51.0 Å². The third kappa shape index (κ3) is 3.93. The molecule has 0 saturated carbocycles. The number of ketones is 1. The van der Waals surface area contributed by atoms with Gasteiger partial charge in [0.2, 0.25) is 0 Å². The van der Waals surface area contributed by atoms with Crippen molar-refractivity contribution in [3.63, 3.8) is 0 Å². The van der Waals surface area contributed by atoms with E-state index in [1.54, 1.807) is 36.4 Å². The molecular weight excluding hydrogens is 347 g/mol. The van der Waals surface area contributed by atoms with Gasteiger partial charge in [0.15, 0.2) is 5.78 Å². The van der Waals surface area contributed by atoms with Gasteiger partial charge in [-0.2, -0.15) is 0 Å². The van der Waals surface area contributed by atoms with Crippen molar-refractivity contribution in [2.75, 3.05) is 0 Å². The maximum atomic E-state index is 11.9. The van der Waals surface area contributed by atoms with Crippen LogP contribution < -0.4 is 0 Å². The summed E-state index contributed by atoms with van der Waals surface area (Å²) in [5, 5.41) is 0.970. The highest BCUT2D eigenvalue weighted by Gasteiger charge is 2.01.